The van der Waals surface area contributed by atoms with Crippen molar-refractivity contribution in [3.8, 4) is 0 Å². The maximum atomic E-state index is 14.7. The molecule has 1 saturated heterocycles. The SMILES string of the molecule is C/C(=C\[C@H](Cc1ccccc1)C(=O)N1CCC[C@H]1C(=O)N[C@H](C(=O)N[C@@H](CCCCNC(=O)OCc1ccccc1)C(=O)NC1=NCCC(C)S1)C(C)C)[C@H](CC(C)C)NC(=O)OC(C)(C)C. The summed E-state index contributed by atoms with van der Waals surface area (Å²) in [5.74, 6) is -2.40. The van der Waals surface area contributed by atoms with E-state index < -0.39 is 65.6 Å². The Morgan fingerprint density at radius 2 is 1.52 bits per heavy atom. The minimum atomic E-state index is -1.01. The molecule has 0 saturated carbocycles. The summed E-state index contributed by atoms with van der Waals surface area (Å²) in [5, 5.41) is 15.3. The van der Waals surface area contributed by atoms with Crippen LogP contribution in [-0.4, -0.2) is 101 Å². The first-order chi connectivity index (χ1) is 31.8. The molecule has 4 rings (SSSR count). The van der Waals surface area contributed by atoms with Gasteiger partial charge in [0.25, 0.3) is 0 Å². The van der Waals surface area contributed by atoms with Crippen LogP contribution in [0.3, 0.4) is 0 Å². The number of carbonyl (C=O) groups is 6. The van der Waals surface area contributed by atoms with E-state index in [0.717, 1.165) is 23.1 Å². The molecular formula is C51H75N7O8S. The van der Waals surface area contributed by atoms with Gasteiger partial charge in [0.15, 0.2) is 5.17 Å². The van der Waals surface area contributed by atoms with Crippen LogP contribution in [0.4, 0.5) is 9.59 Å². The van der Waals surface area contributed by atoms with Crippen LogP contribution in [0.5, 0.6) is 0 Å². The highest BCUT2D eigenvalue weighted by Crippen LogP contribution is 2.26. The van der Waals surface area contributed by atoms with Crippen LogP contribution < -0.4 is 26.6 Å². The molecule has 67 heavy (non-hydrogen) atoms. The Balaban J connectivity index is 1.47. The van der Waals surface area contributed by atoms with Gasteiger partial charge in [-0.1, -0.05) is 119 Å². The molecule has 6 atom stereocenters. The molecule has 368 valence electrons. The number of nitrogens with one attached hydrogen (secondary N) is 5. The number of hydrogen-bond acceptors (Lipinski definition) is 10. The van der Waals surface area contributed by atoms with E-state index in [1.54, 1.807) is 4.90 Å². The molecular weight excluding hydrogens is 871 g/mol. The lowest BCUT2D eigenvalue weighted by Gasteiger charge is -2.31. The number of carbonyl (C=O) groups excluding carboxylic acids is 6. The van der Waals surface area contributed by atoms with Crippen LogP contribution in [0.15, 0.2) is 77.3 Å². The number of ether oxygens (including phenoxy) is 2. The van der Waals surface area contributed by atoms with Gasteiger partial charge in [0.1, 0.15) is 30.3 Å². The summed E-state index contributed by atoms with van der Waals surface area (Å²) < 4.78 is 10.9. The normalized spacial score (nSPS) is 18.2. The molecule has 2 aliphatic heterocycles. The molecule has 0 aliphatic carbocycles. The van der Waals surface area contributed by atoms with Gasteiger partial charge in [0.05, 0.1) is 12.0 Å². The molecule has 0 radical (unpaired) electrons. The van der Waals surface area contributed by atoms with Gasteiger partial charge >= 0.3 is 12.2 Å². The Morgan fingerprint density at radius 3 is 2.15 bits per heavy atom. The third kappa shape index (κ3) is 19.0. The van der Waals surface area contributed by atoms with Gasteiger partial charge in [-0.15, -0.1) is 0 Å². The van der Waals surface area contributed by atoms with Crippen molar-refractivity contribution in [3.63, 3.8) is 0 Å². The van der Waals surface area contributed by atoms with E-state index in [1.165, 1.54) is 11.8 Å². The number of rotatable bonds is 21. The summed E-state index contributed by atoms with van der Waals surface area (Å²) in [5.41, 5.74) is 1.94. The molecule has 2 aliphatic rings. The van der Waals surface area contributed by atoms with Crippen molar-refractivity contribution in [1.82, 2.24) is 31.5 Å². The smallest absolute Gasteiger partial charge is 0.408 e. The predicted octanol–water partition coefficient (Wildman–Crippen LogP) is 7.44. The van der Waals surface area contributed by atoms with Gasteiger partial charge in [-0.25, -0.2) is 9.59 Å². The Kier molecular flexibility index (Phi) is 21.7. The molecule has 2 aromatic carbocycles. The molecule has 0 bridgehead atoms. The number of nitrogens with zero attached hydrogens (tertiary/aromatic N) is 2. The third-order valence-electron chi connectivity index (χ3n) is 11.5. The lowest BCUT2D eigenvalue weighted by atomic mass is 9.91. The largest absolute Gasteiger partial charge is 0.445 e. The zero-order valence-corrected chi connectivity index (χ0v) is 41.8. The molecule has 0 aromatic heterocycles. The molecule has 2 aromatic rings. The average molecular weight is 946 g/mol. The van der Waals surface area contributed by atoms with Crippen molar-refractivity contribution in [3.05, 3.63) is 83.4 Å². The quantitative estimate of drug-likeness (QED) is 0.0624. The van der Waals surface area contributed by atoms with E-state index in [1.807, 2.05) is 108 Å². The topological polar surface area (TPSA) is 197 Å². The highest BCUT2D eigenvalue weighted by Gasteiger charge is 2.39. The average Bonchev–Trinajstić information content (AvgIpc) is 3.76. The molecule has 6 amide bonds. The maximum absolute atomic E-state index is 14.7. The van der Waals surface area contributed by atoms with Crippen molar-refractivity contribution in [2.75, 3.05) is 19.6 Å². The molecule has 0 spiro atoms. The molecule has 1 unspecified atom stereocenters. The molecule has 1 fully saturated rings. The number of hydrogen-bond donors (Lipinski definition) is 5. The van der Waals surface area contributed by atoms with Crippen molar-refractivity contribution in [2.45, 2.75) is 155 Å². The zero-order valence-electron chi connectivity index (χ0n) is 41.0. The molecule has 5 N–H and O–H groups in total. The van der Waals surface area contributed by atoms with E-state index in [-0.39, 0.29) is 36.0 Å². The van der Waals surface area contributed by atoms with Crippen molar-refractivity contribution in [2.24, 2.45) is 22.7 Å². The monoisotopic (exact) mass is 946 g/mol. The first kappa shape index (κ1) is 54.2. The standard InChI is InChI=1S/C51H75N7O8S/c1-33(2)29-41(55-50(64)66-51(7,8)9)35(5)30-39(31-37-19-12-10-13-20-37)47(62)58-28-18-24-42(58)45(60)56-43(34(3)4)46(61)54-40(44(59)57-48-52-27-25-36(6)67-48)23-16-17-26-53-49(63)65-32-38-21-14-11-15-22-38/h10-15,19-22,30,33-34,36,39-43H,16-18,23-29,31-32H2,1-9H3,(H,53,63)(H,54,61)(H,55,64)(H,56,60)(H,52,57,59)/b35-30+/t36?,39-,40+,41+,42+,43+/m1/s1. The second kappa shape index (κ2) is 26.8. The number of thioether (sulfide) groups is 1. The zero-order chi connectivity index (χ0) is 49.1. The van der Waals surface area contributed by atoms with E-state index in [0.29, 0.717) is 63.3 Å². The van der Waals surface area contributed by atoms with Gasteiger partial charge in [-0.05, 0) is 102 Å². The summed E-state index contributed by atoms with van der Waals surface area (Å²) in [6.45, 7) is 18.6. The number of unbranched alkanes of at least 4 members (excludes halogenated alkanes) is 1. The van der Waals surface area contributed by atoms with Gasteiger partial charge in [0.2, 0.25) is 23.6 Å². The summed E-state index contributed by atoms with van der Waals surface area (Å²) in [7, 11) is 0. The fourth-order valence-corrected chi connectivity index (χ4v) is 8.89. The van der Waals surface area contributed by atoms with E-state index in [2.05, 4.69) is 52.3 Å². The van der Waals surface area contributed by atoms with Crippen molar-refractivity contribution in [1.29, 1.82) is 0 Å². The fourth-order valence-electron chi connectivity index (χ4n) is 7.96. The van der Waals surface area contributed by atoms with Crippen LogP contribution in [0.2, 0.25) is 0 Å². The van der Waals surface area contributed by atoms with Gasteiger partial charge in [-0.3, -0.25) is 24.2 Å². The minimum absolute atomic E-state index is 0.144. The van der Waals surface area contributed by atoms with Crippen LogP contribution in [0.25, 0.3) is 0 Å². The molecule has 2 heterocycles. The highest BCUT2D eigenvalue weighted by atomic mass is 32.2. The number of likely N-dealkylation sites (tertiary alicyclic amines) is 1. The number of amidine groups is 1. The highest BCUT2D eigenvalue weighted by molar-refractivity contribution is 8.14. The minimum Gasteiger partial charge on any atom is -0.445 e. The first-order valence-electron chi connectivity index (χ1n) is 23.9. The van der Waals surface area contributed by atoms with E-state index in [4.69, 9.17) is 9.47 Å². The Hall–Kier alpha value is -5.38. The number of amides is 6. The van der Waals surface area contributed by atoms with Gasteiger partial charge in [-0.2, -0.15) is 0 Å². The van der Waals surface area contributed by atoms with E-state index >= 15 is 0 Å². The van der Waals surface area contributed by atoms with Crippen molar-refractivity contribution >= 4 is 52.7 Å². The molecule has 16 heteroatoms. The van der Waals surface area contributed by atoms with Gasteiger partial charge < -0.3 is 41.0 Å². The second-order valence-electron chi connectivity index (χ2n) is 19.4. The molecule has 15 nitrogen and oxygen atoms in total. The predicted molar refractivity (Wildman–Crippen MR) is 264 cm³/mol. The third-order valence-corrected chi connectivity index (χ3v) is 12.6. The Labute approximate surface area is 402 Å². The number of aliphatic imine (C=N–C) groups is 1. The summed E-state index contributed by atoms with van der Waals surface area (Å²) in [6, 6.07) is 15.9. The maximum Gasteiger partial charge on any atom is 0.408 e. The lowest BCUT2D eigenvalue weighted by Crippen LogP contribution is -2.58. The van der Waals surface area contributed by atoms with Crippen LogP contribution in [-0.2, 0) is 41.7 Å². The lowest BCUT2D eigenvalue weighted by molar-refractivity contribution is -0.141. The Bertz CT molecular complexity index is 2010. The first-order valence-corrected chi connectivity index (χ1v) is 24.8. The van der Waals surface area contributed by atoms with Crippen LogP contribution >= 0.6 is 11.8 Å². The van der Waals surface area contributed by atoms with E-state index in [9.17, 15) is 28.8 Å². The summed E-state index contributed by atoms with van der Waals surface area (Å²) >= 11 is 1.47. The van der Waals surface area contributed by atoms with Crippen LogP contribution in [0, 0.1) is 17.8 Å². The number of benzene rings is 2. The second-order valence-corrected chi connectivity index (χ2v) is 20.8. The summed E-state index contributed by atoms with van der Waals surface area (Å²) in [6.07, 6.45) is 4.99. The van der Waals surface area contributed by atoms with Crippen molar-refractivity contribution < 1.29 is 38.2 Å². The summed E-state index contributed by atoms with van der Waals surface area (Å²) in [4.78, 5) is 88.3. The number of alkyl carbamates (subject to hydrolysis) is 2. The van der Waals surface area contributed by atoms with Gasteiger partial charge in [0, 0.05) is 24.9 Å². The fraction of sp³-hybridized carbons (Fsp3) is 0.588. The van der Waals surface area contributed by atoms with Crippen LogP contribution in [0.1, 0.15) is 118 Å². The Morgan fingerprint density at radius 1 is 0.851 bits per heavy atom.